The molecule has 2 aromatic rings. The number of carboxylic acid groups (broad SMARTS) is 1. The summed E-state index contributed by atoms with van der Waals surface area (Å²) in [5.41, 5.74) is -0.324. The largest absolute Gasteiger partial charge is 0.478 e. The fourth-order valence-electron chi connectivity index (χ4n) is 1.52. The first-order chi connectivity index (χ1) is 9.02. The van der Waals surface area contributed by atoms with Gasteiger partial charge in [0.15, 0.2) is 5.78 Å². The topological polar surface area (TPSA) is 80.2 Å². The maximum atomic E-state index is 12.3. The molecule has 0 saturated heterocycles. The van der Waals surface area contributed by atoms with E-state index in [1.807, 2.05) is 0 Å². The lowest BCUT2D eigenvalue weighted by molar-refractivity contribution is 0.0692. The lowest BCUT2D eigenvalue weighted by atomic mass is 10.0. The summed E-state index contributed by atoms with van der Waals surface area (Å²) in [7, 11) is 0. The maximum absolute atomic E-state index is 12.3. The van der Waals surface area contributed by atoms with Crippen LogP contribution in [0.4, 0.5) is 0 Å². The van der Waals surface area contributed by atoms with Gasteiger partial charge in [0.1, 0.15) is 0 Å². The number of aromatic nitrogens is 2. The van der Waals surface area contributed by atoms with Crippen molar-refractivity contribution in [3.63, 3.8) is 0 Å². The maximum Gasteiger partial charge on any atom is 0.338 e. The Morgan fingerprint density at radius 1 is 1.00 bits per heavy atom. The van der Waals surface area contributed by atoms with Crippen LogP contribution in [0.1, 0.15) is 26.3 Å². The van der Waals surface area contributed by atoms with Gasteiger partial charge in [-0.3, -0.25) is 4.79 Å². The molecule has 0 aliphatic rings. The molecule has 2 rings (SSSR count). The highest BCUT2D eigenvalue weighted by Crippen LogP contribution is 2.27. The smallest absolute Gasteiger partial charge is 0.338 e. The molecule has 0 bridgehead atoms. The Bertz CT molecular complexity index is 654. The Morgan fingerprint density at radius 3 is 2.05 bits per heavy atom. The van der Waals surface area contributed by atoms with Crippen LogP contribution in [0.15, 0.2) is 30.6 Å². The molecule has 0 aliphatic carbocycles. The third-order valence-electron chi connectivity index (χ3n) is 2.40. The molecule has 1 aromatic heterocycles. The van der Waals surface area contributed by atoms with Gasteiger partial charge in [0.05, 0.1) is 39.1 Å². The van der Waals surface area contributed by atoms with E-state index >= 15 is 0 Å². The van der Waals surface area contributed by atoms with Crippen LogP contribution in [-0.4, -0.2) is 27.1 Å². The van der Waals surface area contributed by atoms with Gasteiger partial charge in [-0.2, -0.15) is 10.2 Å². The summed E-state index contributed by atoms with van der Waals surface area (Å²) in [5, 5.41) is 16.3. The zero-order chi connectivity index (χ0) is 14.0. The number of benzene rings is 1. The van der Waals surface area contributed by atoms with Gasteiger partial charge in [0.25, 0.3) is 0 Å². The number of rotatable bonds is 3. The van der Waals surface area contributed by atoms with Gasteiger partial charge in [-0.1, -0.05) is 29.3 Å². The first-order valence-electron chi connectivity index (χ1n) is 5.05. The number of hydrogen-bond donors (Lipinski definition) is 1. The van der Waals surface area contributed by atoms with Crippen molar-refractivity contribution in [2.45, 2.75) is 0 Å². The van der Waals surface area contributed by atoms with E-state index in [9.17, 15) is 9.59 Å². The SMILES string of the molecule is O=C(O)c1cnncc1C(=O)c1c(Cl)cccc1Cl. The summed E-state index contributed by atoms with van der Waals surface area (Å²) in [6.45, 7) is 0. The predicted molar refractivity (Wildman–Crippen MR) is 68.9 cm³/mol. The van der Waals surface area contributed by atoms with Crippen LogP contribution in [0.5, 0.6) is 0 Å². The van der Waals surface area contributed by atoms with Crippen LogP contribution >= 0.6 is 23.2 Å². The molecule has 0 aliphatic heterocycles. The highest BCUT2D eigenvalue weighted by molar-refractivity contribution is 6.41. The quantitative estimate of drug-likeness (QED) is 0.881. The van der Waals surface area contributed by atoms with Gasteiger partial charge in [-0.05, 0) is 12.1 Å². The van der Waals surface area contributed by atoms with Crippen LogP contribution < -0.4 is 0 Å². The summed E-state index contributed by atoms with van der Waals surface area (Å²) >= 11 is 11.8. The number of hydrogen-bond acceptors (Lipinski definition) is 4. The van der Waals surface area contributed by atoms with Gasteiger partial charge in [0, 0.05) is 0 Å². The lowest BCUT2D eigenvalue weighted by Crippen LogP contribution is -2.12. The Labute approximate surface area is 117 Å². The minimum Gasteiger partial charge on any atom is -0.478 e. The summed E-state index contributed by atoms with van der Waals surface area (Å²) in [6, 6.07) is 4.58. The van der Waals surface area contributed by atoms with Crippen molar-refractivity contribution in [1.82, 2.24) is 10.2 Å². The summed E-state index contributed by atoms with van der Waals surface area (Å²) in [6.07, 6.45) is 2.08. The number of halogens is 2. The highest BCUT2D eigenvalue weighted by atomic mass is 35.5. The van der Waals surface area contributed by atoms with E-state index in [1.54, 1.807) is 6.07 Å². The standard InChI is InChI=1S/C12H6Cl2N2O3/c13-8-2-1-3-9(14)10(8)11(17)6-4-15-16-5-7(6)12(18)19/h1-5H,(H,18,19). The average Bonchev–Trinajstić information content (AvgIpc) is 2.38. The summed E-state index contributed by atoms with van der Waals surface area (Å²) in [5.74, 6) is -1.88. The lowest BCUT2D eigenvalue weighted by Gasteiger charge is -2.07. The van der Waals surface area contributed by atoms with Crippen molar-refractivity contribution in [2.24, 2.45) is 0 Å². The third kappa shape index (κ3) is 2.57. The normalized spacial score (nSPS) is 10.2. The monoisotopic (exact) mass is 296 g/mol. The summed E-state index contributed by atoms with van der Waals surface area (Å²) < 4.78 is 0. The van der Waals surface area contributed by atoms with Crippen molar-refractivity contribution in [1.29, 1.82) is 0 Å². The van der Waals surface area contributed by atoms with Gasteiger partial charge in [-0.15, -0.1) is 0 Å². The fraction of sp³-hybridized carbons (Fsp3) is 0. The number of carbonyl (C=O) groups excluding carboxylic acids is 1. The average molecular weight is 297 g/mol. The molecule has 0 atom stereocenters. The second-order valence-corrected chi connectivity index (χ2v) is 4.36. The first-order valence-corrected chi connectivity index (χ1v) is 5.80. The molecule has 5 nitrogen and oxygen atoms in total. The molecule has 1 aromatic carbocycles. The second kappa shape index (κ2) is 5.34. The van der Waals surface area contributed by atoms with Crippen molar-refractivity contribution in [3.8, 4) is 0 Å². The minimum atomic E-state index is -1.28. The van der Waals surface area contributed by atoms with Crippen molar-refractivity contribution in [3.05, 3.63) is 57.3 Å². The molecule has 0 amide bonds. The number of carboxylic acids is 1. The molecule has 1 heterocycles. The van der Waals surface area contributed by atoms with Crippen molar-refractivity contribution < 1.29 is 14.7 Å². The van der Waals surface area contributed by atoms with Crippen molar-refractivity contribution in [2.75, 3.05) is 0 Å². The van der Waals surface area contributed by atoms with E-state index in [1.165, 1.54) is 12.1 Å². The molecule has 0 unspecified atom stereocenters. The van der Waals surface area contributed by atoms with E-state index in [0.29, 0.717) is 0 Å². The van der Waals surface area contributed by atoms with Gasteiger partial charge < -0.3 is 5.11 Å². The Kier molecular flexibility index (Phi) is 3.78. The molecule has 0 fully saturated rings. The van der Waals surface area contributed by atoms with Crippen molar-refractivity contribution >= 4 is 35.0 Å². The predicted octanol–water partition coefficient (Wildman–Crippen LogP) is 2.71. The molecule has 7 heteroatoms. The molecular weight excluding hydrogens is 291 g/mol. The van der Waals surface area contributed by atoms with Gasteiger partial charge in [0.2, 0.25) is 0 Å². The van der Waals surface area contributed by atoms with Crippen LogP contribution in [-0.2, 0) is 0 Å². The Balaban J connectivity index is 2.60. The third-order valence-corrected chi connectivity index (χ3v) is 3.03. The van der Waals surface area contributed by atoms with E-state index < -0.39 is 11.8 Å². The fourth-order valence-corrected chi connectivity index (χ4v) is 2.09. The Morgan fingerprint density at radius 2 is 1.53 bits per heavy atom. The van der Waals surface area contributed by atoms with Crippen LogP contribution in [0.2, 0.25) is 10.0 Å². The molecule has 0 radical (unpaired) electrons. The van der Waals surface area contributed by atoms with Crippen LogP contribution in [0.25, 0.3) is 0 Å². The number of aromatic carboxylic acids is 1. The highest BCUT2D eigenvalue weighted by Gasteiger charge is 2.22. The van der Waals surface area contributed by atoms with Crippen LogP contribution in [0, 0.1) is 0 Å². The number of carbonyl (C=O) groups is 2. The molecular formula is C12H6Cl2N2O3. The Hall–Kier alpha value is -1.98. The second-order valence-electron chi connectivity index (χ2n) is 3.55. The molecule has 96 valence electrons. The minimum absolute atomic E-state index is 0.0429. The number of ketones is 1. The molecule has 0 spiro atoms. The first kappa shape index (κ1) is 13.5. The molecule has 0 saturated carbocycles. The zero-order valence-corrected chi connectivity index (χ0v) is 10.8. The van der Waals surface area contributed by atoms with E-state index in [-0.39, 0.29) is 26.7 Å². The zero-order valence-electron chi connectivity index (χ0n) is 9.30. The molecule has 1 N–H and O–H groups in total. The van der Waals surface area contributed by atoms with Gasteiger partial charge in [-0.25, -0.2) is 4.79 Å². The van der Waals surface area contributed by atoms with E-state index in [0.717, 1.165) is 12.4 Å². The van der Waals surface area contributed by atoms with Gasteiger partial charge >= 0.3 is 5.97 Å². The van der Waals surface area contributed by atoms with Crippen LogP contribution in [0.3, 0.4) is 0 Å². The van der Waals surface area contributed by atoms with E-state index in [4.69, 9.17) is 28.3 Å². The molecule has 19 heavy (non-hydrogen) atoms. The van der Waals surface area contributed by atoms with E-state index in [2.05, 4.69) is 10.2 Å². The summed E-state index contributed by atoms with van der Waals surface area (Å²) in [4.78, 5) is 23.4. The number of nitrogens with zero attached hydrogens (tertiary/aromatic N) is 2.